The SMILES string of the molecule is Cc1ccc2nc(NC(=O)CCS(=O)(=O)Cc3ccccc3)sc2c1. The van der Waals surface area contributed by atoms with Crippen molar-refractivity contribution < 1.29 is 13.2 Å². The summed E-state index contributed by atoms with van der Waals surface area (Å²) in [6, 6.07) is 14.8. The number of rotatable bonds is 6. The van der Waals surface area contributed by atoms with Gasteiger partial charge in [-0.25, -0.2) is 13.4 Å². The Morgan fingerprint density at radius 1 is 1.16 bits per heavy atom. The van der Waals surface area contributed by atoms with Crippen molar-refractivity contribution in [3.63, 3.8) is 0 Å². The van der Waals surface area contributed by atoms with Crippen molar-refractivity contribution in [2.75, 3.05) is 11.1 Å². The maximum atomic E-state index is 12.1. The minimum atomic E-state index is -3.33. The Morgan fingerprint density at radius 3 is 2.68 bits per heavy atom. The minimum absolute atomic E-state index is 0.0540. The van der Waals surface area contributed by atoms with Gasteiger partial charge in [0.15, 0.2) is 15.0 Å². The summed E-state index contributed by atoms with van der Waals surface area (Å²) in [7, 11) is -3.33. The molecule has 0 radical (unpaired) electrons. The fourth-order valence-corrected chi connectivity index (χ4v) is 4.74. The second kappa shape index (κ2) is 7.33. The van der Waals surface area contributed by atoms with Crippen molar-refractivity contribution in [3.8, 4) is 0 Å². The number of benzene rings is 2. The molecule has 0 saturated heterocycles. The first-order chi connectivity index (χ1) is 11.9. The van der Waals surface area contributed by atoms with Crippen LogP contribution in [-0.2, 0) is 20.4 Å². The van der Waals surface area contributed by atoms with E-state index in [1.54, 1.807) is 24.3 Å². The van der Waals surface area contributed by atoms with Crippen molar-refractivity contribution in [2.45, 2.75) is 19.1 Å². The van der Waals surface area contributed by atoms with Crippen LogP contribution in [0.3, 0.4) is 0 Å². The molecule has 1 aromatic heterocycles. The summed E-state index contributed by atoms with van der Waals surface area (Å²) in [5, 5.41) is 3.18. The van der Waals surface area contributed by atoms with Crippen LogP contribution in [-0.4, -0.2) is 25.1 Å². The third-order valence-corrected chi connectivity index (χ3v) is 6.19. The lowest BCUT2D eigenvalue weighted by Gasteiger charge is -2.04. The Balaban J connectivity index is 1.58. The van der Waals surface area contributed by atoms with E-state index in [-0.39, 0.29) is 23.8 Å². The van der Waals surface area contributed by atoms with Gasteiger partial charge in [0.05, 0.1) is 21.7 Å². The summed E-state index contributed by atoms with van der Waals surface area (Å²) in [4.78, 5) is 16.4. The molecule has 25 heavy (non-hydrogen) atoms. The molecular weight excluding hydrogens is 356 g/mol. The van der Waals surface area contributed by atoms with E-state index in [9.17, 15) is 13.2 Å². The zero-order chi connectivity index (χ0) is 17.9. The molecule has 0 bridgehead atoms. The highest BCUT2D eigenvalue weighted by molar-refractivity contribution is 7.90. The van der Waals surface area contributed by atoms with Crippen LogP contribution in [0, 0.1) is 6.92 Å². The molecule has 0 aliphatic rings. The largest absolute Gasteiger partial charge is 0.302 e. The lowest BCUT2D eigenvalue weighted by atomic mass is 10.2. The van der Waals surface area contributed by atoms with E-state index < -0.39 is 9.84 Å². The number of thiazole rings is 1. The average Bonchev–Trinajstić information content (AvgIpc) is 2.95. The number of fused-ring (bicyclic) bond motifs is 1. The second-order valence-corrected chi connectivity index (χ2v) is 9.08. The van der Waals surface area contributed by atoms with Gasteiger partial charge in [-0.1, -0.05) is 47.7 Å². The molecule has 0 spiro atoms. The third kappa shape index (κ3) is 4.87. The van der Waals surface area contributed by atoms with Crippen LogP contribution in [0.15, 0.2) is 48.5 Å². The van der Waals surface area contributed by atoms with Crippen molar-refractivity contribution in [3.05, 3.63) is 59.7 Å². The van der Waals surface area contributed by atoms with Crippen molar-refractivity contribution in [2.24, 2.45) is 0 Å². The van der Waals surface area contributed by atoms with E-state index in [0.717, 1.165) is 21.3 Å². The fourth-order valence-electron chi connectivity index (χ4n) is 2.42. The molecule has 7 heteroatoms. The number of aromatic nitrogens is 1. The Kier molecular flexibility index (Phi) is 5.15. The zero-order valence-corrected chi connectivity index (χ0v) is 15.4. The van der Waals surface area contributed by atoms with Crippen LogP contribution >= 0.6 is 11.3 Å². The van der Waals surface area contributed by atoms with Crippen LogP contribution in [0.5, 0.6) is 0 Å². The van der Waals surface area contributed by atoms with Crippen LogP contribution < -0.4 is 5.32 Å². The van der Waals surface area contributed by atoms with Crippen molar-refractivity contribution in [1.29, 1.82) is 0 Å². The highest BCUT2D eigenvalue weighted by atomic mass is 32.2. The number of nitrogens with zero attached hydrogens (tertiary/aromatic N) is 1. The summed E-state index contributed by atoms with van der Waals surface area (Å²) < 4.78 is 25.3. The molecule has 3 rings (SSSR count). The number of carbonyl (C=O) groups is 1. The highest BCUT2D eigenvalue weighted by Crippen LogP contribution is 2.26. The molecule has 0 atom stereocenters. The Hall–Kier alpha value is -2.25. The molecule has 0 unspecified atom stereocenters. The van der Waals surface area contributed by atoms with Gasteiger partial charge in [-0.3, -0.25) is 4.79 Å². The summed E-state index contributed by atoms with van der Waals surface area (Å²) in [5.41, 5.74) is 2.67. The van der Waals surface area contributed by atoms with Crippen LogP contribution in [0.2, 0.25) is 0 Å². The van der Waals surface area contributed by atoms with Crippen LogP contribution in [0.25, 0.3) is 10.2 Å². The summed E-state index contributed by atoms with van der Waals surface area (Å²) in [6.45, 7) is 2.00. The normalized spacial score (nSPS) is 11.6. The predicted octanol–water partition coefficient (Wildman–Crippen LogP) is 3.55. The highest BCUT2D eigenvalue weighted by Gasteiger charge is 2.15. The summed E-state index contributed by atoms with van der Waals surface area (Å²) >= 11 is 1.38. The van der Waals surface area contributed by atoms with E-state index in [0.29, 0.717) is 5.13 Å². The van der Waals surface area contributed by atoms with Gasteiger partial charge in [0, 0.05) is 6.42 Å². The van der Waals surface area contributed by atoms with Gasteiger partial charge < -0.3 is 5.32 Å². The van der Waals surface area contributed by atoms with Crippen molar-refractivity contribution >= 4 is 42.4 Å². The first kappa shape index (κ1) is 17.6. The standard InChI is InChI=1S/C18H18N2O3S2/c1-13-7-8-15-16(11-13)24-18(19-15)20-17(21)9-10-25(22,23)12-14-5-3-2-4-6-14/h2-8,11H,9-10,12H2,1H3,(H,19,20,21). The molecule has 0 fully saturated rings. The van der Waals surface area contributed by atoms with E-state index in [4.69, 9.17) is 0 Å². The van der Waals surface area contributed by atoms with Gasteiger partial charge in [-0.15, -0.1) is 0 Å². The maximum absolute atomic E-state index is 12.1. The second-order valence-electron chi connectivity index (χ2n) is 5.87. The lowest BCUT2D eigenvalue weighted by Crippen LogP contribution is -2.18. The molecule has 0 aliphatic carbocycles. The van der Waals surface area contributed by atoms with E-state index in [1.165, 1.54) is 11.3 Å². The average molecular weight is 374 g/mol. The number of hydrogen-bond donors (Lipinski definition) is 1. The molecule has 2 aromatic carbocycles. The van der Waals surface area contributed by atoms with Gasteiger partial charge in [0.1, 0.15) is 0 Å². The molecule has 0 saturated carbocycles. The maximum Gasteiger partial charge on any atom is 0.227 e. The molecule has 1 N–H and O–H groups in total. The van der Waals surface area contributed by atoms with E-state index in [2.05, 4.69) is 10.3 Å². The molecule has 5 nitrogen and oxygen atoms in total. The quantitative estimate of drug-likeness (QED) is 0.716. The Bertz CT molecular complexity index is 996. The molecule has 130 valence electrons. The first-order valence-corrected chi connectivity index (χ1v) is 10.5. The lowest BCUT2D eigenvalue weighted by molar-refractivity contribution is -0.115. The van der Waals surface area contributed by atoms with E-state index in [1.807, 2.05) is 31.2 Å². The molecule has 1 heterocycles. The molecular formula is C18H18N2O3S2. The molecule has 3 aromatic rings. The number of nitrogens with one attached hydrogen (secondary N) is 1. The predicted molar refractivity (Wildman–Crippen MR) is 102 cm³/mol. The number of hydrogen-bond acceptors (Lipinski definition) is 5. The number of aryl methyl sites for hydroxylation is 1. The first-order valence-electron chi connectivity index (χ1n) is 7.83. The minimum Gasteiger partial charge on any atom is -0.302 e. The number of amides is 1. The van der Waals surface area contributed by atoms with Gasteiger partial charge in [0.25, 0.3) is 0 Å². The third-order valence-electron chi connectivity index (χ3n) is 3.66. The Labute approximate surface area is 150 Å². The van der Waals surface area contributed by atoms with Crippen molar-refractivity contribution in [1.82, 2.24) is 4.98 Å². The summed E-state index contributed by atoms with van der Waals surface area (Å²) in [5.74, 6) is -0.577. The van der Waals surface area contributed by atoms with Gasteiger partial charge in [0.2, 0.25) is 5.91 Å². The van der Waals surface area contributed by atoms with Gasteiger partial charge in [-0.2, -0.15) is 0 Å². The smallest absolute Gasteiger partial charge is 0.227 e. The number of anilines is 1. The molecule has 1 amide bonds. The van der Waals surface area contributed by atoms with E-state index >= 15 is 0 Å². The van der Waals surface area contributed by atoms with Gasteiger partial charge >= 0.3 is 0 Å². The number of carbonyl (C=O) groups excluding carboxylic acids is 1. The molecule has 0 aliphatic heterocycles. The Morgan fingerprint density at radius 2 is 1.92 bits per heavy atom. The summed E-state index contributed by atoms with van der Waals surface area (Å²) in [6.07, 6.45) is -0.0792. The monoisotopic (exact) mass is 374 g/mol. The number of sulfone groups is 1. The van der Waals surface area contributed by atoms with Crippen LogP contribution in [0.1, 0.15) is 17.5 Å². The topological polar surface area (TPSA) is 76.1 Å². The van der Waals surface area contributed by atoms with Crippen LogP contribution in [0.4, 0.5) is 5.13 Å². The van der Waals surface area contributed by atoms with Gasteiger partial charge in [-0.05, 0) is 30.2 Å². The fraction of sp³-hybridized carbons (Fsp3) is 0.222. The zero-order valence-electron chi connectivity index (χ0n) is 13.7.